The third-order valence-electron chi connectivity index (χ3n) is 4.51. The molecule has 1 aliphatic rings. The molecule has 3 heterocycles. The predicted octanol–water partition coefficient (Wildman–Crippen LogP) is 4.90. The van der Waals surface area contributed by atoms with Crippen molar-refractivity contribution < 1.29 is 0 Å². The van der Waals surface area contributed by atoms with Crippen LogP contribution in [0.2, 0.25) is 5.02 Å². The maximum atomic E-state index is 6.22. The van der Waals surface area contributed by atoms with E-state index in [0.29, 0.717) is 11.0 Å². The number of nitrogens with zero attached hydrogens (tertiary/aromatic N) is 6. The highest BCUT2D eigenvalue weighted by Crippen LogP contribution is 2.45. The molecule has 2 aromatic heterocycles. The fourth-order valence-electron chi connectivity index (χ4n) is 3.38. The summed E-state index contributed by atoms with van der Waals surface area (Å²) in [4.78, 5) is 10.8. The van der Waals surface area contributed by atoms with Crippen molar-refractivity contribution in [3.05, 3.63) is 88.0 Å². The Bertz CT molecular complexity index is 1130. The lowest BCUT2D eigenvalue weighted by atomic mass is 9.98. The summed E-state index contributed by atoms with van der Waals surface area (Å²) in [5.74, 6) is 1.44. The van der Waals surface area contributed by atoms with Crippen LogP contribution in [-0.4, -0.2) is 24.7 Å². The fourth-order valence-corrected chi connectivity index (χ4v) is 3.82. The monoisotopic (exact) mass is 438 g/mol. The quantitative estimate of drug-likeness (QED) is 0.391. The largest absolute Gasteiger partial charge is 0.287 e. The zero-order valence-corrected chi connectivity index (χ0v) is 16.2. The first kappa shape index (κ1) is 16.4. The van der Waals surface area contributed by atoms with Gasteiger partial charge in [-0.25, -0.2) is 9.97 Å². The van der Waals surface area contributed by atoms with Crippen molar-refractivity contribution in [2.45, 2.75) is 6.04 Å². The number of benzene rings is 2. The molecule has 0 radical (unpaired) electrons. The second-order valence-electron chi connectivity index (χ2n) is 6.11. The molecule has 6 nitrogen and oxygen atoms in total. The summed E-state index contributed by atoms with van der Waals surface area (Å²) in [5, 5.41) is 9.16. The average Bonchev–Trinajstić information content (AvgIpc) is 3.16. The molecular weight excluding hydrogens is 428 g/mol. The highest BCUT2D eigenvalue weighted by atomic mass is 79.9. The van der Waals surface area contributed by atoms with Gasteiger partial charge in [-0.3, -0.25) is 9.47 Å². The van der Waals surface area contributed by atoms with Gasteiger partial charge in [0.25, 0.3) is 0 Å². The third-order valence-corrected chi connectivity index (χ3v) is 5.27. The van der Waals surface area contributed by atoms with E-state index < -0.39 is 0 Å². The summed E-state index contributed by atoms with van der Waals surface area (Å²) in [6.07, 6.45) is 5.12. The van der Waals surface area contributed by atoms with Gasteiger partial charge >= 0.3 is 0 Å². The minimum atomic E-state index is -0.116. The number of anilines is 3. The topological polar surface area (TPSA) is 59.7 Å². The van der Waals surface area contributed by atoms with Crippen molar-refractivity contribution in [3.8, 4) is 0 Å². The SMILES string of the molecule is Clc1cccc(N2c3ncncc3C(c3ccc(Br)cc3)n3cnnc32)c1. The number of rotatable bonds is 2. The Kier molecular flexibility index (Phi) is 3.91. The molecule has 27 heavy (non-hydrogen) atoms. The van der Waals surface area contributed by atoms with Crippen LogP contribution in [-0.2, 0) is 0 Å². The molecule has 132 valence electrons. The zero-order chi connectivity index (χ0) is 18.4. The van der Waals surface area contributed by atoms with Gasteiger partial charge in [0, 0.05) is 21.3 Å². The summed E-state index contributed by atoms with van der Waals surface area (Å²) >= 11 is 9.72. The van der Waals surface area contributed by atoms with Crippen LogP contribution in [0.15, 0.2) is 71.9 Å². The first-order chi connectivity index (χ1) is 13.2. The molecule has 0 saturated heterocycles. The van der Waals surface area contributed by atoms with Crippen molar-refractivity contribution in [2.24, 2.45) is 0 Å². The number of halogens is 2. The summed E-state index contributed by atoms with van der Waals surface area (Å²) in [5.41, 5.74) is 2.93. The lowest BCUT2D eigenvalue weighted by Crippen LogP contribution is -2.28. The molecule has 1 atom stereocenters. The van der Waals surface area contributed by atoms with Crippen LogP contribution < -0.4 is 4.90 Å². The van der Waals surface area contributed by atoms with E-state index in [2.05, 4.69) is 48.2 Å². The third kappa shape index (κ3) is 2.70. The van der Waals surface area contributed by atoms with Crippen LogP contribution >= 0.6 is 27.5 Å². The van der Waals surface area contributed by atoms with E-state index in [9.17, 15) is 0 Å². The van der Waals surface area contributed by atoms with Crippen LogP contribution in [0.4, 0.5) is 17.5 Å². The van der Waals surface area contributed by atoms with Crippen LogP contribution in [0.5, 0.6) is 0 Å². The summed E-state index contributed by atoms with van der Waals surface area (Å²) in [6, 6.07) is 15.7. The predicted molar refractivity (Wildman–Crippen MR) is 107 cm³/mol. The van der Waals surface area contributed by atoms with E-state index in [1.54, 1.807) is 12.7 Å². The van der Waals surface area contributed by atoms with Gasteiger partial charge < -0.3 is 0 Å². The first-order valence-corrected chi connectivity index (χ1v) is 9.40. The lowest BCUT2D eigenvalue weighted by molar-refractivity contribution is 0.648. The molecule has 0 fully saturated rings. The van der Waals surface area contributed by atoms with Gasteiger partial charge in [0.15, 0.2) is 0 Å². The Morgan fingerprint density at radius 3 is 2.74 bits per heavy atom. The minimum absolute atomic E-state index is 0.116. The maximum absolute atomic E-state index is 6.22. The van der Waals surface area contributed by atoms with E-state index >= 15 is 0 Å². The Labute approximate surface area is 168 Å². The zero-order valence-electron chi connectivity index (χ0n) is 13.9. The van der Waals surface area contributed by atoms with Crippen molar-refractivity contribution in [2.75, 3.05) is 4.90 Å². The molecule has 0 bridgehead atoms. The minimum Gasteiger partial charge on any atom is -0.287 e. The Hall–Kier alpha value is -2.77. The normalized spacial score (nSPS) is 15.3. The molecule has 2 aromatic carbocycles. The van der Waals surface area contributed by atoms with Gasteiger partial charge in [0.1, 0.15) is 18.5 Å². The van der Waals surface area contributed by atoms with Gasteiger partial charge in [-0.1, -0.05) is 45.7 Å². The smallest absolute Gasteiger partial charge is 0.238 e. The molecule has 0 aliphatic carbocycles. The molecule has 0 spiro atoms. The lowest BCUT2D eigenvalue weighted by Gasteiger charge is -2.34. The molecule has 5 rings (SSSR count). The van der Waals surface area contributed by atoms with E-state index in [4.69, 9.17) is 11.6 Å². The van der Waals surface area contributed by atoms with E-state index in [0.717, 1.165) is 27.1 Å². The van der Waals surface area contributed by atoms with E-state index in [1.165, 1.54) is 0 Å². The second-order valence-corrected chi connectivity index (χ2v) is 7.46. The molecule has 1 aliphatic heterocycles. The van der Waals surface area contributed by atoms with Crippen molar-refractivity contribution in [1.29, 1.82) is 0 Å². The molecule has 1 unspecified atom stereocenters. The number of hydrogen-bond acceptors (Lipinski definition) is 5. The van der Waals surface area contributed by atoms with Crippen LogP contribution in [0.25, 0.3) is 0 Å². The van der Waals surface area contributed by atoms with Gasteiger partial charge in [0.05, 0.1) is 11.7 Å². The van der Waals surface area contributed by atoms with Crippen molar-refractivity contribution in [3.63, 3.8) is 0 Å². The Morgan fingerprint density at radius 2 is 1.93 bits per heavy atom. The van der Waals surface area contributed by atoms with Crippen LogP contribution in [0.1, 0.15) is 17.2 Å². The highest BCUT2D eigenvalue weighted by Gasteiger charge is 2.34. The first-order valence-electron chi connectivity index (χ1n) is 8.23. The molecular formula is C19H12BrClN6. The highest BCUT2D eigenvalue weighted by molar-refractivity contribution is 9.10. The standard InChI is InChI=1S/C19H12BrClN6/c20-13-6-4-12(5-7-13)17-16-9-22-10-23-18(16)27(19-25-24-11-26(17)19)15-3-1-2-14(21)8-15/h1-11,17H. The number of fused-ring (bicyclic) bond motifs is 2. The van der Waals surface area contributed by atoms with E-state index in [-0.39, 0.29) is 6.04 Å². The van der Waals surface area contributed by atoms with Gasteiger partial charge in [-0.05, 0) is 35.9 Å². The molecule has 4 aromatic rings. The van der Waals surface area contributed by atoms with Gasteiger partial charge in [0.2, 0.25) is 5.95 Å². The summed E-state index contributed by atoms with van der Waals surface area (Å²) in [7, 11) is 0. The average molecular weight is 440 g/mol. The second kappa shape index (κ2) is 6.44. The number of hydrogen-bond donors (Lipinski definition) is 0. The molecule has 0 N–H and O–H groups in total. The Morgan fingerprint density at radius 1 is 1.07 bits per heavy atom. The fraction of sp³-hybridized carbons (Fsp3) is 0.0526. The van der Waals surface area contributed by atoms with E-state index in [1.807, 2.05) is 52.1 Å². The maximum Gasteiger partial charge on any atom is 0.238 e. The summed E-state index contributed by atoms with van der Waals surface area (Å²) in [6.45, 7) is 0. The van der Waals surface area contributed by atoms with Crippen LogP contribution in [0, 0.1) is 0 Å². The van der Waals surface area contributed by atoms with Crippen molar-refractivity contribution in [1.82, 2.24) is 24.7 Å². The van der Waals surface area contributed by atoms with Gasteiger partial charge in [-0.15, -0.1) is 10.2 Å². The van der Waals surface area contributed by atoms with Crippen LogP contribution in [0.3, 0.4) is 0 Å². The van der Waals surface area contributed by atoms with Crippen molar-refractivity contribution >= 4 is 45.0 Å². The number of aromatic nitrogens is 5. The van der Waals surface area contributed by atoms with Gasteiger partial charge in [-0.2, -0.15) is 0 Å². The summed E-state index contributed by atoms with van der Waals surface area (Å²) < 4.78 is 3.05. The molecule has 8 heteroatoms. The molecule has 0 saturated carbocycles. The Balaban J connectivity index is 1.75. The molecule has 0 amide bonds.